The van der Waals surface area contributed by atoms with Crippen LogP contribution in [0.1, 0.15) is 5.82 Å². The summed E-state index contributed by atoms with van der Waals surface area (Å²) >= 11 is 0. The molecule has 162 valence electrons. The van der Waals surface area contributed by atoms with E-state index in [0.29, 0.717) is 54.2 Å². The number of hydrogen-bond donors (Lipinski definition) is 0. The van der Waals surface area contributed by atoms with Gasteiger partial charge in [-0.15, -0.1) is 0 Å². The fourth-order valence-corrected chi connectivity index (χ4v) is 4.07. The molecular weight excluding hydrogens is 423 g/mol. The van der Waals surface area contributed by atoms with Crippen LogP contribution in [0.25, 0.3) is 39.1 Å². The van der Waals surface area contributed by atoms with Gasteiger partial charge in [0.1, 0.15) is 11.1 Å². The first-order valence-electron chi connectivity index (χ1n) is 10.1. The smallest absolute Gasteiger partial charge is 0.450 e. The Morgan fingerprint density at radius 3 is 2.44 bits per heavy atom. The molecule has 1 aliphatic heterocycles. The average molecular weight is 439 g/mol. The molecule has 1 fully saturated rings. The number of alkyl halides is 3. The monoisotopic (exact) mass is 439 g/mol. The first-order valence-corrected chi connectivity index (χ1v) is 10.1. The molecule has 0 saturated carbocycles. The summed E-state index contributed by atoms with van der Waals surface area (Å²) in [4.78, 5) is 14.9. The molecule has 0 aliphatic carbocycles. The summed E-state index contributed by atoms with van der Waals surface area (Å²) in [6.45, 7) is 2.06. The van der Waals surface area contributed by atoms with Crippen molar-refractivity contribution in [3.05, 3.63) is 54.4 Å². The second-order valence-corrected chi connectivity index (χ2v) is 7.48. The zero-order chi connectivity index (χ0) is 21.9. The number of halogens is 3. The molecule has 4 heterocycles. The number of benzene rings is 2. The minimum Gasteiger partial charge on any atom is -0.450 e. The number of anilines is 1. The number of rotatable bonds is 2. The molecule has 0 N–H and O–H groups in total. The SMILES string of the molecule is FC(F)(F)c1nc2ccccc2n1-c1nc(N2CCOCC2)c2oc3ccccc3c2n1. The molecule has 7 nitrogen and oxygen atoms in total. The Morgan fingerprint density at radius 1 is 0.875 bits per heavy atom. The van der Waals surface area contributed by atoms with E-state index in [-0.39, 0.29) is 17.0 Å². The fraction of sp³-hybridized carbons (Fsp3) is 0.227. The van der Waals surface area contributed by atoms with Crippen LogP contribution >= 0.6 is 0 Å². The lowest BCUT2D eigenvalue weighted by atomic mass is 10.2. The number of aromatic nitrogens is 4. The van der Waals surface area contributed by atoms with Crippen LogP contribution in [0.2, 0.25) is 0 Å². The van der Waals surface area contributed by atoms with Crippen molar-refractivity contribution in [2.75, 3.05) is 31.2 Å². The Balaban J connectivity index is 1.70. The lowest BCUT2D eigenvalue weighted by Gasteiger charge is -2.28. The van der Waals surface area contributed by atoms with Crippen molar-refractivity contribution in [3.63, 3.8) is 0 Å². The number of morpholine rings is 1. The molecule has 2 aromatic carbocycles. The van der Waals surface area contributed by atoms with E-state index in [1.165, 1.54) is 6.07 Å². The minimum atomic E-state index is -4.69. The van der Waals surface area contributed by atoms with Gasteiger partial charge >= 0.3 is 6.18 Å². The highest BCUT2D eigenvalue weighted by atomic mass is 19.4. The number of furan rings is 1. The molecule has 1 saturated heterocycles. The maximum atomic E-state index is 13.9. The lowest BCUT2D eigenvalue weighted by molar-refractivity contribution is -0.145. The van der Waals surface area contributed by atoms with Crippen molar-refractivity contribution < 1.29 is 22.3 Å². The van der Waals surface area contributed by atoms with Gasteiger partial charge in [-0.2, -0.15) is 18.2 Å². The summed E-state index contributed by atoms with van der Waals surface area (Å²) in [5.41, 5.74) is 1.98. The average Bonchev–Trinajstić information content (AvgIpc) is 3.38. The Bertz CT molecular complexity index is 1470. The van der Waals surface area contributed by atoms with Crippen LogP contribution < -0.4 is 4.90 Å². The van der Waals surface area contributed by atoms with Gasteiger partial charge in [-0.25, -0.2) is 9.97 Å². The highest BCUT2D eigenvalue weighted by Gasteiger charge is 2.39. The van der Waals surface area contributed by atoms with Crippen LogP contribution in [0, 0.1) is 0 Å². The van der Waals surface area contributed by atoms with Gasteiger partial charge in [0.25, 0.3) is 0 Å². The number of nitrogens with zero attached hydrogens (tertiary/aromatic N) is 5. The molecule has 0 spiro atoms. The van der Waals surface area contributed by atoms with Gasteiger partial charge in [-0.05, 0) is 24.3 Å². The van der Waals surface area contributed by atoms with E-state index in [1.807, 2.05) is 23.1 Å². The lowest BCUT2D eigenvalue weighted by Crippen LogP contribution is -2.37. The van der Waals surface area contributed by atoms with E-state index in [4.69, 9.17) is 9.15 Å². The Hall–Kier alpha value is -3.66. The van der Waals surface area contributed by atoms with E-state index in [1.54, 1.807) is 24.3 Å². The van der Waals surface area contributed by atoms with E-state index < -0.39 is 12.0 Å². The Kier molecular flexibility index (Phi) is 4.12. The largest absolute Gasteiger partial charge is 0.450 e. The zero-order valence-electron chi connectivity index (χ0n) is 16.6. The molecule has 0 unspecified atom stereocenters. The number of ether oxygens (including phenoxy) is 1. The maximum Gasteiger partial charge on any atom is 0.450 e. The molecule has 3 aromatic heterocycles. The Morgan fingerprint density at radius 2 is 1.62 bits per heavy atom. The molecule has 0 bridgehead atoms. The summed E-state index contributed by atoms with van der Waals surface area (Å²) < 4.78 is 54.3. The molecule has 6 rings (SSSR count). The molecule has 0 radical (unpaired) electrons. The van der Waals surface area contributed by atoms with Crippen molar-refractivity contribution in [3.8, 4) is 5.95 Å². The van der Waals surface area contributed by atoms with E-state index in [2.05, 4.69) is 15.0 Å². The molecule has 0 amide bonds. The first-order chi connectivity index (χ1) is 15.5. The van der Waals surface area contributed by atoms with Crippen LogP contribution in [-0.2, 0) is 10.9 Å². The maximum absolute atomic E-state index is 13.9. The van der Waals surface area contributed by atoms with Crippen LogP contribution in [0.15, 0.2) is 52.9 Å². The zero-order valence-corrected chi connectivity index (χ0v) is 16.6. The summed E-state index contributed by atoms with van der Waals surface area (Å²) in [5, 5.41) is 0.707. The van der Waals surface area contributed by atoms with Gasteiger partial charge < -0.3 is 14.1 Å². The number of fused-ring (bicyclic) bond motifs is 4. The highest BCUT2D eigenvalue weighted by Crippen LogP contribution is 2.37. The van der Waals surface area contributed by atoms with Crippen molar-refractivity contribution in [1.29, 1.82) is 0 Å². The quantitative estimate of drug-likeness (QED) is 0.401. The van der Waals surface area contributed by atoms with Crippen LogP contribution in [0.3, 0.4) is 0 Å². The molecule has 5 aromatic rings. The van der Waals surface area contributed by atoms with Gasteiger partial charge in [0.2, 0.25) is 11.8 Å². The second kappa shape index (κ2) is 6.92. The molecule has 32 heavy (non-hydrogen) atoms. The van der Waals surface area contributed by atoms with Crippen molar-refractivity contribution in [2.45, 2.75) is 6.18 Å². The third-order valence-electron chi connectivity index (χ3n) is 5.52. The number of para-hydroxylation sites is 3. The Labute approximate surface area is 179 Å². The molecule has 1 aliphatic rings. The van der Waals surface area contributed by atoms with E-state index in [0.717, 1.165) is 4.57 Å². The topological polar surface area (TPSA) is 69.2 Å². The van der Waals surface area contributed by atoms with Gasteiger partial charge in [0, 0.05) is 18.5 Å². The number of hydrogen-bond acceptors (Lipinski definition) is 6. The summed E-state index contributed by atoms with van der Waals surface area (Å²) in [6, 6.07) is 13.7. The van der Waals surface area contributed by atoms with Crippen molar-refractivity contribution in [2.24, 2.45) is 0 Å². The van der Waals surface area contributed by atoms with Crippen LogP contribution in [0.4, 0.5) is 19.0 Å². The summed E-state index contributed by atoms with van der Waals surface area (Å²) in [6.07, 6.45) is -4.69. The third-order valence-corrected chi connectivity index (χ3v) is 5.52. The standard InChI is InChI=1S/C22H16F3N5O2/c23-22(24,25)20-26-14-6-2-3-7-15(14)30(20)21-27-17-13-5-1-4-8-16(13)32-18(17)19(28-21)29-9-11-31-12-10-29/h1-8H,9-12H2. The summed E-state index contributed by atoms with van der Waals surface area (Å²) in [5.74, 6) is -0.735. The van der Waals surface area contributed by atoms with Gasteiger partial charge in [-0.1, -0.05) is 24.3 Å². The van der Waals surface area contributed by atoms with Gasteiger partial charge in [0.05, 0.1) is 24.2 Å². The molecular formula is C22H16F3N5O2. The van der Waals surface area contributed by atoms with Gasteiger partial charge in [0.15, 0.2) is 11.4 Å². The fourth-order valence-electron chi connectivity index (χ4n) is 4.07. The molecule has 10 heteroatoms. The predicted octanol–water partition coefficient (Wildman–Crippen LogP) is 4.57. The van der Waals surface area contributed by atoms with Gasteiger partial charge in [-0.3, -0.25) is 4.57 Å². The van der Waals surface area contributed by atoms with E-state index in [9.17, 15) is 13.2 Å². The second-order valence-electron chi connectivity index (χ2n) is 7.48. The van der Waals surface area contributed by atoms with E-state index >= 15 is 0 Å². The third kappa shape index (κ3) is 2.90. The highest BCUT2D eigenvalue weighted by molar-refractivity contribution is 6.06. The van der Waals surface area contributed by atoms with Crippen molar-refractivity contribution >= 4 is 38.9 Å². The number of imidazole rings is 1. The molecule has 0 atom stereocenters. The summed E-state index contributed by atoms with van der Waals surface area (Å²) in [7, 11) is 0. The predicted molar refractivity (Wildman–Crippen MR) is 112 cm³/mol. The van der Waals surface area contributed by atoms with Crippen molar-refractivity contribution in [1.82, 2.24) is 19.5 Å². The van der Waals surface area contributed by atoms with Crippen LogP contribution in [-0.4, -0.2) is 45.8 Å². The first kappa shape index (κ1) is 19.1. The normalized spacial score (nSPS) is 15.3. The van der Waals surface area contributed by atoms with Crippen LogP contribution in [0.5, 0.6) is 0 Å². The minimum absolute atomic E-state index is 0.105.